The molecule has 0 bridgehead atoms. The summed E-state index contributed by atoms with van der Waals surface area (Å²) in [6.45, 7) is 5.13. The van der Waals surface area contributed by atoms with Crippen LogP contribution in [-0.4, -0.2) is 39.0 Å². The molecule has 6 heteroatoms. The minimum absolute atomic E-state index is 0.0290. The van der Waals surface area contributed by atoms with E-state index in [2.05, 4.69) is 12.2 Å². The van der Waals surface area contributed by atoms with Crippen LogP contribution in [0.4, 0.5) is 0 Å². The number of nitrogens with one attached hydrogen (secondary N) is 1. The number of ether oxygens (including phenoxy) is 1. The summed E-state index contributed by atoms with van der Waals surface area (Å²) in [6.07, 6.45) is 0.959. The van der Waals surface area contributed by atoms with Gasteiger partial charge in [-0.25, -0.2) is 8.42 Å². The summed E-state index contributed by atoms with van der Waals surface area (Å²) < 4.78 is 30.0. The zero-order valence-corrected chi connectivity index (χ0v) is 13.1. The number of nitrogens with zero attached hydrogens (tertiary/aromatic N) is 1. The van der Waals surface area contributed by atoms with Crippen LogP contribution < -0.4 is 5.32 Å². The molecule has 1 aromatic carbocycles. The second kappa shape index (κ2) is 6.14. The molecule has 0 saturated carbocycles. The summed E-state index contributed by atoms with van der Waals surface area (Å²) in [5.41, 5.74) is 0.289. The molecule has 5 nitrogen and oxygen atoms in total. The Bertz CT molecular complexity index is 634. The van der Waals surface area contributed by atoms with Crippen LogP contribution in [0.1, 0.15) is 25.8 Å². The third-order valence-corrected chi connectivity index (χ3v) is 5.86. The summed E-state index contributed by atoms with van der Waals surface area (Å²) in [4.78, 5) is 0.254. The topological polar surface area (TPSA) is 79.2 Å². The fourth-order valence-electron chi connectivity index (χ4n) is 2.39. The largest absolute Gasteiger partial charge is 0.377 e. The van der Waals surface area contributed by atoms with Crippen LogP contribution in [0.5, 0.6) is 0 Å². The van der Waals surface area contributed by atoms with E-state index in [4.69, 9.17) is 10.00 Å². The lowest BCUT2D eigenvalue weighted by atomic mass is 9.95. The van der Waals surface area contributed by atoms with Gasteiger partial charge >= 0.3 is 0 Å². The molecule has 114 valence electrons. The number of rotatable bonds is 5. The molecule has 1 aromatic rings. The van der Waals surface area contributed by atoms with Crippen LogP contribution in [0.25, 0.3) is 0 Å². The number of sulfone groups is 1. The maximum absolute atomic E-state index is 12.2. The van der Waals surface area contributed by atoms with Gasteiger partial charge in [0, 0.05) is 18.7 Å². The SMILES string of the molecule is CC1OCCC1(C)NCCS(=O)(=O)c1ccc(C#N)cc1. The first-order valence-corrected chi connectivity index (χ1v) is 8.62. The Morgan fingerprint density at radius 2 is 2.10 bits per heavy atom. The Morgan fingerprint density at radius 1 is 1.43 bits per heavy atom. The summed E-state index contributed by atoms with van der Waals surface area (Å²) in [5, 5.41) is 12.0. The van der Waals surface area contributed by atoms with Gasteiger partial charge in [-0.1, -0.05) is 0 Å². The van der Waals surface area contributed by atoms with Crippen molar-refractivity contribution in [2.24, 2.45) is 0 Å². The van der Waals surface area contributed by atoms with Crippen molar-refractivity contribution >= 4 is 9.84 Å². The van der Waals surface area contributed by atoms with E-state index in [-0.39, 0.29) is 22.3 Å². The molecule has 21 heavy (non-hydrogen) atoms. The van der Waals surface area contributed by atoms with E-state index < -0.39 is 9.84 Å². The van der Waals surface area contributed by atoms with Crippen molar-refractivity contribution in [2.75, 3.05) is 18.9 Å². The highest BCUT2D eigenvalue weighted by Gasteiger charge is 2.36. The van der Waals surface area contributed by atoms with Gasteiger partial charge in [-0.15, -0.1) is 0 Å². The van der Waals surface area contributed by atoms with E-state index in [1.54, 1.807) is 0 Å². The first-order valence-electron chi connectivity index (χ1n) is 6.97. The summed E-state index contributed by atoms with van der Waals surface area (Å²) in [6, 6.07) is 7.99. The molecule has 2 unspecified atom stereocenters. The second-order valence-electron chi connectivity index (χ2n) is 5.56. The molecule has 1 fully saturated rings. The number of benzene rings is 1. The van der Waals surface area contributed by atoms with Crippen molar-refractivity contribution in [1.29, 1.82) is 5.26 Å². The van der Waals surface area contributed by atoms with Crippen LogP contribution in [0.15, 0.2) is 29.2 Å². The number of hydrogen-bond acceptors (Lipinski definition) is 5. The maximum Gasteiger partial charge on any atom is 0.179 e. The van der Waals surface area contributed by atoms with Gasteiger partial charge in [-0.05, 0) is 44.5 Å². The third-order valence-electron chi connectivity index (χ3n) is 4.13. The molecule has 0 aromatic heterocycles. The zero-order chi connectivity index (χ0) is 15.5. The standard InChI is InChI=1S/C15H20N2O3S/c1-12-15(2,7-9-20-12)17-8-10-21(18,19)14-5-3-13(11-16)4-6-14/h3-6,12,17H,7-10H2,1-2H3. The van der Waals surface area contributed by atoms with Gasteiger partial charge in [0.05, 0.1) is 28.4 Å². The van der Waals surface area contributed by atoms with Crippen LogP contribution in [0.2, 0.25) is 0 Å². The van der Waals surface area contributed by atoms with E-state index in [0.717, 1.165) is 6.42 Å². The minimum atomic E-state index is -3.33. The fraction of sp³-hybridized carbons (Fsp3) is 0.533. The summed E-state index contributed by atoms with van der Waals surface area (Å²) >= 11 is 0. The van der Waals surface area contributed by atoms with Gasteiger partial charge in [0.2, 0.25) is 0 Å². The van der Waals surface area contributed by atoms with Crippen molar-refractivity contribution in [3.8, 4) is 6.07 Å². The van der Waals surface area contributed by atoms with Crippen LogP contribution in [-0.2, 0) is 14.6 Å². The van der Waals surface area contributed by atoms with Gasteiger partial charge in [0.25, 0.3) is 0 Å². The molecule has 1 aliphatic rings. The molecule has 1 N–H and O–H groups in total. The van der Waals surface area contributed by atoms with Gasteiger partial charge in [0.1, 0.15) is 0 Å². The van der Waals surface area contributed by atoms with Crippen LogP contribution in [0.3, 0.4) is 0 Å². The van der Waals surface area contributed by atoms with Crippen molar-refractivity contribution in [2.45, 2.75) is 36.8 Å². The first kappa shape index (κ1) is 16.0. The third kappa shape index (κ3) is 3.62. The highest BCUT2D eigenvalue weighted by Crippen LogP contribution is 2.24. The van der Waals surface area contributed by atoms with E-state index in [1.165, 1.54) is 24.3 Å². The Hall–Kier alpha value is -1.42. The second-order valence-corrected chi connectivity index (χ2v) is 7.67. The predicted octanol–water partition coefficient (Wildman–Crippen LogP) is 1.49. The smallest absolute Gasteiger partial charge is 0.179 e. The lowest BCUT2D eigenvalue weighted by Crippen LogP contribution is -2.49. The van der Waals surface area contributed by atoms with E-state index in [1.807, 2.05) is 13.0 Å². The molecular formula is C15H20N2O3S. The first-order chi connectivity index (χ1) is 9.87. The van der Waals surface area contributed by atoms with Gasteiger partial charge in [-0.3, -0.25) is 0 Å². The predicted molar refractivity (Wildman–Crippen MR) is 79.6 cm³/mol. The molecule has 2 rings (SSSR count). The van der Waals surface area contributed by atoms with Crippen LogP contribution >= 0.6 is 0 Å². The van der Waals surface area contributed by atoms with Crippen molar-refractivity contribution < 1.29 is 13.2 Å². The minimum Gasteiger partial charge on any atom is -0.377 e. The van der Waals surface area contributed by atoms with E-state index in [9.17, 15) is 8.42 Å². The molecule has 0 aliphatic carbocycles. The monoisotopic (exact) mass is 308 g/mol. The number of nitriles is 1. The normalized spacial score (nSPS) is 25.7. The van der Waals surface area contributed by atoms with Crippen molar-refractivity contribution in [3.63, 3.8) is 0 Å². The molecule has 0 radical (unpaired) electrons. The maximum atomic E-state index is 12.2. The quantitative estimate of drug-likeness (QED) is 0.891. The lowest BCUT2D eigenvalue weighted by molar-refractivity contribution is 0.0895. The zero-order valence-electron chi connectivity index (χ0n) is 12.3. The average molecular weight is 308 g/mol. The van der Waals surface area contributed by atoms with E-state index in [0.29, 0.717) is 18.7 Å². The lowest BCUT2D eigenvalue weighted by Gasteiger charge is -2.29. The van der Waals surface area contributed by atoms with E-state index >= 15 is 0 Å². The van der Waals surface area contributed by atoms with Gasteiger partial charge < -0.3 is 10.1 Å². The summed E-state index contributed by atoms with van der Waals surface area (Å²) in [5.74, 6) is 0.0290. The van der Waals surface area contributed by atoms with Crippen molar-refractivity contribution in [1.82, 2.24) is 5.32 Å². The van der Waals surface area contributed by atoms with Gasteiger partial charge in [-0.2, -0.15) is 5.26 Å². The molecule has 1 saturated heterocycles. The van der Waals surface area contributed by atoms with Crippen LogP contribution in [0, 0.1) is 11.3 Å². The molecule has 0 spiro atoms. The Kier molecular flexibility index (Phi) is 4.67. The molecule has 1 heterocycles. The average Bonchev–Trinajstić information content (AvgIpc) is 2.78. The highest BCUT2D eigenvalue weighted by molar-refractivity contribution is 7.91. The Labute approximate surface area is 125 Å². The molecule has 2 atom stereocenters. The molecule has 0 amide bonds. The fourth-order valence-corrected chi connectivity index (χ4v) is 3.55. The molecule has 1 aliphatic heterocycles. The summed E-state index contributed by atoms with van der Waals surface area (Å²) in [7, 11) is -3.33. The Morgan fingerprint density at radius 3 is 2.62 bits per heavy atom. The highest BCUT2D eigenvalue weighted by atomic mass is 32.2. The van der Waals surface area contributed by atoms with Gasteiger partial charge in [0.15, 0.2) is 9.84 Å². The number of hydrogen-bond donors (Lipinski definition) is 1. The molecular weight excluding hydrogens is 288 g/mol. The Balaban J connectivity index is 1.96. The van der Waals surface area contributed by atoms with Crippen molar-refractivity contribution in [3.05, 3.63) is 29.8 Å².